The lowest BCUT2D eigenvalue weighted by atomic mass is 9.96. The van der Waals surface area contributed by atoms with Crippen molar-refractivity contribution in [3.8, 4) is 5.69 Å². The molecule has 0 aliphatic carbocycles. The molecule has 0 radical (unpaired) electrons. The van der Waals surface area contributed by atoms with Gasteiger partial charge in [-0.15, -0.1) is 24.8 Å². The number of imidazole rings is 1. The van der Waals surface area contributed by atoms with Gasteiger partial charge in [0.15, 0.2) is 0 Å². The molecule has 0 saturated carbocycles. The van der Waals surface area contributed by atoms with Gasteiger partial charge in [-0.1, -0.05) is 18.2 Å². The number of piperidine rings is 1. The molecule has 1 aliphatic rings. The Balaban J connectivity index is 0.00000150. The molecule has 156 valence electrons. The largest absolute Gasteiger partial charge is 0.339 e. The van der Waals surface area contributed by atoms with Gasteiger partial charge in [-0.05, 0) is 69.6 Å². The lowest BCUT2D eigenvalue weighted by molar-refractivity contribution is 0.0691. The highest BCUT2D eigenvalue weighted by atomic mass is 35.5. The first kappa shape index (κ1) is 23.2. The Bertz CT molecular complexity index is 950. The molecule has 1 saturated heterocycles. The molecule has 0 bridgehead atoms. The number of amides is 1. The summed E-state index contributed by atoms with van der Waals surface area (Å²) in [6, 6.07) is 16.1. The fourth-order valence-electron chi connectivity index (χ4n) is 4.05. The zero-order valence-corrected chi connectivity index (χ0v) is 18.4. The maximum Gasteiger partial charge on any atom is 0.253 e. The second kappa shape index (κ2) is 10.1. The molecule has 1 N–H and O–H groups in total. The quantitative estimate of drug-likeness (QED) is 0.667. The van der Waals surface area contributed by atoms with E-state index in [4.69, 9.17) is 4.98 Å². The molecular weight excluding hydrogens is 407 g/mol. The van der Waals surface area contributed by atoms with Gasteiger partial charge in [0.1, 0.15) is 5.82 Å². The molecule has 1 amide bonds. The predicted molar refractivity (Wildman–Crippen MR) is 123 cm³/mol. The van der Waals surface area contributed by atoms with Crippen LogP contribution in [0.15, 0.2) is 48.5 Å². The fraction of sp³-hybridized carbons (Fsp3) is 0.364. The molecule has 0 unspecified atom stereocenters. The molecule has 0 spiro atoms. The minimum atomic E-state index is 0. The number of carbonyl (C=O) groups is 1. The fourth-order valence-corrected chi connectivity index (χ4v) is 4.05. The molecule has 1 aliphatic heterocycles. The summed E-state index contributed by atoms with van der Waals surface area (Å²) >= 11 is 0. The van der Waals surface area contributed by atoms with E-state index < -0.39 is 0 Å². The third kappa shape index (κ3) is 4.74. The molecule has 4 rings (SSSR count). The van der Waals surface area contributed by atoms with Crippen molar-refractivity contribution in [2.24, 2.45) is 5.92 Å². The monoisotopic (exact) mass is 434 g/mol. The number of likely N-dealkylation sites (tertiary alicyclic amines) is 1. The lowest BCUT2D eigenvalue weighted by Gasteiger charge is -2.32. The Morgan fingerprint density at radius 3 is 2.45 bits per heavy atom. The second-order valence-electron chi connectivity index (χ2n) is 7.33. The van der Waals surface area contributed by atoms with Crippen molar-refractivity contribution < 1.29 is 4.79 Å². The molecular formula is C22H28Cl2N4O. The van der Waals surface area contributed by atoms with E-state index in [0.29, 0.717) is 5.92 Å². The maximum absolute atomic E-state index is 12.9. The summed E-state index contributed by atoms with van der Waals surface area (Å²) in [5.74, 6) is 1.71. The van der Waals surface area contributed by atoms with Gasteiger partial charge in [-0.25, -0.2) is 4.98 Å². The van der Waals surface area contributed by atoms with E-state index in [0.717, 1.165) is 60.6 Å². The highest BCUT2D eigenvalue weighted by molar-refractivity contribution is 5.97. The minimum Gasteiger partial charge on any atom is -0.339 e. The van der Waals surface area contributed by atoms with Gasteiger partial charge in [0.2, 0.25) is 0 Å². The van der Waals surface area contributed by atoms with Crippen LogP contribution in [0.5, 0.6) is 0 Å². The summed E-state index contributed by atoms with van der Waals surface area (Å²) < 4.78 is 2.13. The molecule has 7 heteroatoms. The minimum absolute atomic E-state index is 0. The van der Waals surface area contributed by atoms with Gasteiger partial charge in [-0.3, -0.25) is 9.36 Å². The zero-order valence-electron chi connectivity index (χ0n) is 16.8. The number of nitrogens with one attached hydrogen (secondary N) is 1. The Labute approximate surface area is 184 Å². The van der Waals surface area contributed by atoms with Crippen molar-refractivity contribution in [1.82, 2.24) is 19.8 Å². The summed E-state index contributed by atoms with van der Waals surface area (Å²) in [4.78, 5) is 19.6. The number of para-hydroxylation sites is 1. The topological polar surface area (TPSA) is 50.2 Å². The third-order valence-electron chi connectivity index (χ3n) is 5.48. The maximum atomic E-state index is 12.9. The Morgan fingerprint density at radius 1 is 1.10 bits per heavy atom. The highest BCUT2D eigenvalue weighted by Crippen LogP contribution is 2.24. The molecule has 2 heterocycles. The van der Waals surface area contributed by atoms with Crippen molar-refractivity contribution in [2.45, 2.75) is 19.8 Å². The van der Waals surface area contributed by atoms with Crippen LogP contribution in [0, 0.1) is 12.8 Å². The predicted octanol–water partition coefficient (Wildman–Crippen LogP) is 4.25. The zero-order chi connectivity index (χ0) is 18.8. The summed E-state index contributed by atoms with van der Waals surface area (Å²) in [6.07, 6.45) is 2.13. The van der Waals surface area contributed by atoms with E-state index in [2.05, 4.69) is 22.0 Å². The number of nitrogens with zero attached hydrogens (tertiary/aromatic N) is 3. The third-order valence-corrected chi connectivity index (χ3v) is 5.48. The number of benzene rings is 2. The van der Waals surface area contributed by atoms with Crippen LogP contribution in [0.1, 0.15) is 29.0 Å². The first-order valence-electron chi connectivity index (χ1n) is 9.66. The van der Waals surface area contributed by atoms with Crippen LogP contribution in [0.25, 0.3) is 16.7 Å². The van der Waals surface area contributed by atoms with Gasteiger partial charge < -0.3 is 10.2 Å². The normalized spacial score (nSPS) is 14.3. The van der Waals surface area contributed by atoms with Crippen LogP contribution in [0.4, 0.5) is 0 Å². The highest BCUT2D eigenvalue weighted by Gasteiger charge is 2.23. The van der Waals surface area contributed by atoms with Gasteiger partial charge in [0, 0.05) is 24.3 Å². The van der Waals surface area contributed by atoms with Gasteiger partial charge in [0.25, 0.3) is 5.91 Å². The number of aryl methyl sites for hydroxylation is 1. The summed E-state index contributed by atoms with van der Waals surface area (Å²) in [5.41, 5.74) is 3.71. The summed E-state index contributed by atoms with van der Waals surface area (Å²) in [5, 5.41) is 3.24. The van der Waals surface area contributed by atoms with Crippen LogP contribution in [-0.4, -0.2) is 47.0 Å². The number of hydrogen-bond donors (Lipinski definition) is 1. The lowest BCUT2D eigenvalue weighted by Crippen LogP contribution is -2.40. The van der Waals surface area contributed by atoms with E-state index in [-0.39, 0.29) is 30.7 Å². The molecule has 2 aromatic carbocycles. The van der Waals surface area contributed by atoms with Crippen LogP contribution < -0.4 is 5.32 Å². The molecule has 0 atom stereocenters. The van der Waals surface area contributed by atoms with Crippen LogP contribution in [-0.2, 0) is 0 Å². The number of fused-ring (bicyclic) bond motifs is 1. The SMILES string of the molecule is CNCC1CCN(C(=O)c2ccc3c(c2)nc(C)n3-c2ccccc2)CC1.Cl.Cl. The van der Waals surface area contributed by atoms with Gasteiger partial charge >= 0.3 is 0 Å². The number of carbonyl (C=O) groups excluding carboxylic acids is 1. The van der Waals surface area contributed by atoms with E-state index in [1.807, 2.05) is 55.3 Å². The van der Waals surface area contributed by atoms with E-state index in [9.17, 15) is 4.79 Å². The van der Waals surface area contributed by atoms with Crippen molar-refractivity contribution in [2.75, 3.05) is 26.7 Å². The average Bonchev–Trinajstić information content (AvgIpc) is 3.04. The Hall–Kier alpha value is -2.08. The van der Waals surface area contributed by atoms with Crippen molar-refractivity contribution in [3.63, 3.8) is 0 Å². The first-order chi connectivity index (χ1) is 13.2. The van der Waals surface area contributed by atoms with Crippen molar-refractivity contribution >= 4 is 41.8 Å². The molecule has 29 heavy (non-hydrogen) atoms. The van der Waals surface area contributed by atoms with Crippen LogP contribution >= 0.6 is 24.8 Å². The Kier molecular flexibility index (Phi) is 8.08. The van der Waals surface area contributed by atoms with Crippen molar-refractivity contribution in [3.05, 3.63) is 59.9 Å². The number of rotatable bonds is 4. The number of halogens is 2. The average molecular weight is 435 g/mol. The van der Waals surface area contributed by atoms with E-state index in [1.165, 1.54) is 0 Å². The summed E-state index contributed by atoms with van der Waals surface area (Å²) in [6.45, 7) is 4.70. The van der Waals surface area contributed by atoms with E-state index >= 15 is 0 Å². The smallest absolute Gasteiger partial charge is 0.253 e. The molecule has 5 nitrogen and oxygen atoms in total. The molecule has 1 fully saturated rings. The first-order valence-corrected chi connectivity index (χ1v) is 9.66. The standard InChI is InChI=1S/C22H26N4O.2ClH/c1-16-24-20-14-18(22(27)25-12-10-17(11-13-25)15-23-2)8-9-21(20)26(16)19-6-4-3-5-7-19;;/h3-9,14,17,23H,10-13,15H2,1-2H3;2*1H. The Morgan fingerprint density at radius 2 is 1.79 bits per heavy atom. The number of aromatic nitrogens is 2. The van der Waals surface area contributed by atoms with Crippen LogP contribution in [0.3, 0.4) is 0 Å². The van der Waals surface area contributed by atoms with Crippen LogP contribution in [0.2, 0.25) is 0 Å². The second-order valence-corrected chi connectivity index (χ2v) is 7.33. The molecule has 1 aromatic heterocycles. The van der Waals surface area contributed by atoms with E-state index in [1.54, 1.807) is 0 Å². The van der Waals surface area contributed by atoms with Gasteiger partial charge in [-0.2, -0.15) is 0 Å². The summed E-state index contributed by atoms with van der Waals surface area (Å²) in [7, 11) is 1.99. The van der Waals surface area contributed by atoms with Gasteiger partial charge in [0.05, 0.1) is 11.0 Å². The number of hydrogen-bond acceptors (Lipinski definition) is 3. The molecule has 3 aromatic rings. The van der Waals surface area contributed by atoms with Crippen molar-refractivity contribution in [1.29, 1.82) is 0 Å².